The molecule has 1 N–H and O–H groups in total. The average molecular weight is 215 g/mol. The molecule has 2 saturated heterocycles. The summed E-state index contributed by atoms with van der Waals surface area (Å²) in [4.78, 5) is 13.7. The van der Waals surface area contributed by atoms with Gasteiger partial charge in [-0.15, -0.1) is 0 Å². The fourth-order valence-electron chi connectivity index (χ4n) is 1.92. The molecule has 0 aromatic carbocycles. The van der Waals surface area contributed by atoms with E-state index in [-0.39, 0.29) is 12.0 Å². The molecule has 2 fully saturated rings. The van der Waals surface area contributed by atoms with Crippen LogP contribution in [0.1, 0.15) is 12.8 Å². The number of aliphatic hydroxyl groups excluding tert-OH is 1. The summed E-state index contributed by atoms with van der Waals surface area (Å²) in [6.07, 6.45) is 0.644. The minimum atomic E-state index is -0.436. The van der Waals surface area contributed by atoms with Crippen LogP contribution in [0.5, 0.6) is 0 Å². The van der Waals surface area contributed by atoms with E-state index in [0.717, 1.165) is 0 Å². The maximum absolute atomic E-state index is 11.9. The van der Waals surface area contributed by atoms with Crippen molar-refractivity contribution in [1.29, 1.82) is 0 Å². The maximum atomic E-state index is 11.9. The molecule has 0 aliphatic carbocycles. The number of piperidine rings is 1. The Morgan fingerprint density at radius 2 is 2.00 bits per heavy atom. The van der Waals surface area contributed by atoms with Gasteiger partial charge in [0.25, 0.3) is 5.91 Å². The van der Waals surface area contributed by atoms with Crippen LogP contribution in [-0.4, -0.2) is 61.0 Å². The second-order valence-corrected chi connectivity index (χ2v) is 3.99. The van der Waals surface area contributed by atoms with Gasteiger partial charge in [0.2, 0.25) is 0 Å². The third-order valence-electron chi connectivity index (χ3n) is 2.87. The number of rotatable bonds is 1. The van der Waals surface area contributed by atoms with Crippen LogP contribution in [0.4, 0.5) is 0 Å². The van der Waals surface area contributed by atoms with Gasteiger partial charge >= 0.3 is 0 Å². The minimum Gasteiger partial charge on any atom is -0.393 e. The third kappa shape index (κ3) is 2.68. The van der Waals surface area contributed by atoms with Gasteiger partial charge in [-0.25, -0.2) is 0 Å². The first-order chi connectivity index (χ1) is 7.27. The molecule has 0 bridgehead atoms. The summed E-state index contributed by atoms with van der Waals surface area (Å²) in [6, 6.07) is 0. The van der Waals surface area contributed by atoms with E-state index in [2.05, 4.69) is 0 Å². The van der Waals surface area contributed by atoms with Gasteiger partial charge in [-0.05, 0) is 12.8 Å². The van der Waals surface area contributed by atoms with Gasteiger partial charge in [0, 0.05) is 13.1 Å². The fourth-order valence-corrected chi connectivity index (χ4v) is 1.92. The molecule has 1 atom stereocenters. The first kappa shape index (κ1) is 10.9. The Morgan fingerprint density at radius 1 is 1.27 bits per heavy atom. The van der Waals surface area contributed by atoms with Crippen molar-refractivity contribution in [2.45, 2.75) is 25.0 Å². The number of carbonyl (C=O) groups excluding carboxylic acids is 1. The highest BCUT2D eigenvalue weighted by Crippen LogP contribution is 2.13. The second-order valence-electron chi connectivity index (χ2n) is 3.99. The van der Waals surface area contributed by atoms with Crippen molar-refractivity contribution in [2.75, 3.05) is 32.9 Å². The van der Waals surface area contributed by atoms with Gasteiger partial charge in [0.1, 0.15) is 0 Å². The number of likely N-dealkylation sites (tertiary alicyclic amines) is 1. The van der Waals surface area contributed by atoms with Crippen LogP contribution in [0.25, 0.3) is 0 Å². The van der Waals surface area contributed by atoms with Crippen molar-refractivity contribution < 1.29 is 19.4 Å². The molecule has 0 aromatic heterocycles. The van der Waals surface area contributed by atoms with E-state index in [0.29, 0.717) is 45.8 Å². The highest BCUT2D eigenvalue weighted by Gasteiger charge is 2.29. The lowest BCUT2D eigenvalue weighted by Crippen LogP contribution is -2.48. The molecule has 1 unspecified atom stereocenters. The zero-order valence-electron chi connectivity index (χ0n) is 8.72. The molecule has 86 valence electrons. The van der Waals surface area contributed by atoms with E-state index in [9.17, 15) is 9.90 Å². The van der Waals surface area contributed by atoms with Crippen LogP contribution < -0.4 is 0 Å². The summed E-state index contributed by atoms with van der Waals surface area (Å²) in [5.41, 5.74) is 0. The zero-order valence-corrected chi connectivity index (χ0v) is 8.72. The molecular formula is C10H17NO4. The largest absolute Gasteiger partial charge is 0.393 e. The third-order valence-corrected chi connectivity index (χ3v) is 2.87. The van der Waals surface area contributed by atoms with Gasteiger partial charge < -0.3 is 19.5 Å². The molecule has 0 radical (unpaired) electrons. The van der Waals surface area contributed by atoms with Crippen molar-refractivity contribution in [3.05, 3.63) is 0 Å². The van der Waals surface area contributed by atoms with E-state index in [1.807, 2.05) is 0 Å². The predicted octanol–water partition coefficient (Wildman–Crippen LogP) is -0.615. The first-order valence-electron chi connectivity index (χ1n) is 5.43. The van der Waals surface area contributed by atoms with E-state index in [1.165, 1.54) is 0 Å². The normalized spacial score (nSPS) is 29.1. The molecule has 5 nitrogen and oxygen atoms in total. The molecule has 2 aliphatic rings. The Kier molecular flexibility index (Phi) is 3.56. The SMILES string of the molecule is O=C(C1COCCO1)N1CCC(O)CC1. The summed E-state index contributed by atoms with van der Waals surface area (Å²) in [5.74, 6) is 0.00148. The molecule has 2 heterocycles. The molecule has 2 rings (SSSR count). The zero-order chi connectivity index (χ0) is 10.7. The Hall–Kier alpha value is -0.650. The standard InChI is InChI=1S/C10H17NO4/c12-8-1-3-11(4-2-8)10(13)9-7-14-5-6-15-9/h8-9,12H,1-7H2. The van der Waals surface area contributed by atoms with Crippen molar-refractivity contribution >= 4 is 5.91 Å². The van der Waals surface area contributed by atoms with Crippen LogP contribution in [0, 0.1) is 0 Å². The monoisotopic (exact) mass is 215 g/mol. The van der Waals surface area contributed by atoms with Crippen LogP contribution in [0.15, 0.2) is 0 Å². The van der Waals surface area contributed by atoms with Crippen molar-refractivity contribution in [2.24, 2.45) is 0 Å². The smallest absolute Gasteiger partial charge is 0.254 e. The van der Waals surface area contributed by atoms with E-state index >= 15 is 0 Å². The number of hydrogen-bond acceptors (Lipinski definition) is 4. The lowest BCUT2D eigenvalue weighted by atomic mass is 10.1. The molecule has 5 heteroatoms. The summed E-state index contributed by atoms with van der Waals surface area (Å²) in [7, 11) is 0. The number of ether oxygens (including phenoxy) is 2. The van der Waals surface area contributed by atoms with Gasteiger partial charge in [-0.1, -0.05) is 0 Å². The van der Waals surface area contributed by atoms with Crippen molar-refractivity contribution in [3.63, 3.8) is 0 Å². The summed E-state index contributed by atoms with van der Waals surface area (Å²) >= 11 is 0. The topological polar surface area (TPSA) is 59.0 Å². The lowest BCUT2D eigenvalue weighted by molar-refractivity contribution is -0.159. The molecule has 15 heavy (non-hydrogen) atoms. The summed E-state index contributed by atoms with van der Waals surface area (Å²) < 4.78 is 10.5. The average Bonchev–Trinajstić information content (AvgIpc) is 2.30. The summed E-state index contributed by atoms with van der Waals surface area (Å²) in [6.45, 7) is 2.67. The molecule has 1 amide bonds. The van der Waals surface area contributed by atoms with Crippen LogP contribution in [-0.2, 0) is 14.3 Å². The maximum Gasteiger partial charge on any atom is 0.254 e. The van der Waals surface area contributed by atoms with Gasteiger partial charge in [-0.2, -0.15) is 0 Å². The number of amides is 1. The summed E-state index contributed by atoms with van der Waals surface area (Å²) in [5, 5.41) is 9.33. The Balaban J connectivity index is 1.84. The quantitative estimate of drug-likeness (QED) is 0.633. The van der Waals surface area contributed by atoms with Crippen LogP contribution in [0.3, 0.4) is 0 Å². The minimum absolute atomic E-state index is 0.00148. The van der Waals surface area contributed by atoms with Gasteiger partial charge in [-0.3, -0.25) is 4.79 Å². The second kappa shape index (κ2) is 4.92. The Bertz CT molecular complexity index is 219. The Labute approximate surface area is 89.0 Å². The Morgan fingerprint density at radius 3 is 2.60 bits per heavy atom. The van der Waals surface area contributed by atoms with E-state index in [4.69, 9.17) is 9.47 Å². The van der Waals surface area contributed by atoms with Crippen LogP contribution in [0.2, 0.25) is 0 Å². The van der Waals surface area contributed by atoms with E-state index in [1.54, 1.807) is 4.90 Å². The fraction of sp³-hybridized carbons (Fsp3) is 0.900. The number of nitrogens with zero attached hydrogens (tertiary/aromatic N) is 1. The number of carbonyl (C=O) groups is 1. The molecule has 0 spiro atoms. The van der Waals surface area contributed by atoms with Gasteiger partial charge in [0.05, 0.1) is 25.9 Å². The van der Waals surface area contributed by atoms with E-state index < -0.39 is 6.10 Å². The van der Waals surface area contributed by atoms with Crippen LogP contribution >= 0.6 is 0 Å². The molecular weight excluding hydrogens is 198 g/mol. The van der Waals surface area contributed by atoms with Gasteiger partial charge in [0.15, 0.2) is 6.10 Å². The molecule has 2 aliphatic heterocycles. The van der Waals surface area contributed by atoms with Crippen molar-refractivity contribution in [1.82, 2.24) is 4.90 Å². The highest BCUT2D eigenvalue weighted by molar-refractivity contribution is 5.81. The molecule has 0 aromatic rings. The number of hydrogen-bond donors (Lipinski definition) is 1. The highest BCUT2D eigenvalue weighted by atomic mass is 16.6. The molecule has 0 saturated carbocycles. The van der Waals surface area contributed by atoms with Crippen molar-refractivity contribution in [3.8, 4) is 0 Å². The first-order valence-corrected chi connectivity index (χ1v) is 5.43. The predicted molar refractivity (Wildman–Crippen MR) is 52.4 cm³/mol. The number of aliphatic hydroxyl groups is 1. The lowest BCUT2D eigenvalue weighted by Gasteiger charge is -2.33.